The molecule has 0 saturated heterocycles. The predicted molar refractivity (Wildman–Crippen MR) is 89.6 cm³/mol. The van der Waals surface area contributed by atoms with Gasteiger partial charge in [-0.05, 0) is 57.3 Å². The Labute approximate surface area is 125 Å². The van der Waals surface area contributed by atoms with Gasteiger partial charge in [0.25, 0.3) is 0 Å². The van der Waals surface area contributed by atoms with Crippen molar-refractivity contribution >= 4 is 0 Å². The van der Waals surface area contributed by atoms with Gasteiger partial charge in [0, 0.05) is 5.41 Å². The van der Waals surface area contributed by atoms with E-state index in [0.29, 0.717) is 11.3 Å². The van der Waals surface area contributed by atoms with E-state index in [0.717, 1.165) is 5.92 Å². The summed E-state index contributed by atoms with van der Waals surface area (Å²) in [4.78, 5) is 0. The minimum atomic E-state index is 0.231. The average Bonchev–Trinajstić information content (AvgIpc) is 2.37. The third-order valence-electron chi connectivity index (χ3n) is 5.67. The molecular formula is C20H30. The zero-order valence-electron chi connectivity index (χ0n) is 13.9. The highest BCUT2D eigenvalue weighted by Gasteiger charge is 2.46. The molecule has 1 saturated carbocycles. The smallest absolute Gasteiger partial charge is 0.00669 e. The summed E-state index contributed by atoms with van der Waals surface area (Å²) in [7, 11) is 0. The lowest BCUT2D eigenvalue weighted by molar-refractivity contribution is 0.0923. The third-order valence-corrected chi connectivity index (χ3v) is 5.67. The molecule has 0 heteroatoms. The Bertz CT molecular complexity index is 472. The normalized spacial score (nSPS) is 40.4. The van der Waals surface area contributed by atoms with Crippen LogP contribution in [0.25, 0.3) is 0 Å². The van der Waals surface area contributed by atoms with Crippen molar-refractivity contribution < 1.29 is 0 Å². The fraction of sp³-hybridized carbons (Fsp3) is 0.600. The summed E-state index contributed by atoms with van der Waals surface area (Å²) in [6.07, 6.45) is 15.5. The highest BCUT2D eigenvalue weighted by atomic mass is 14.5. The zero-order chi connectivity index (χ0) is 15.0. The van der Waals surface area contributed by atoms with E-state index in [1.165, 1.54) is 24.8 Å². The molecule has 4 atom stereocenters. The second-order valence-corrected chi connectivity index (χ2v) is 7.59. The van der Waals surface area contributed by atoms with Gasteiger partial charge in [0.15, 0.2) is 0 Å². The van der Waals surface area contributed by atoms with Crippen LogP contribution in [0.3, 0.4) is 0 Å². The van der Waals surface area contributed by atoms with Crippen LogP contribution < -0.4 is 0 Å². The Morgan fingerprint density at radius 2 is 2.05 bits per heavy atom. The number of allylic oxidation sites excluding steroid dienone is 7. The van der Waals surface area contributed by atoms with Gasteiger partial charge in [0.05, 0.1) is 0 Å². The first-order valence-corrected chi connectivity index (χ1v) is 7.96. The van der Waals surface area contributed by atoms with Crippen molar-refractivity contribution in [3.63, 3.8) is 0 Å². The molecule has 2 aliphatic carbocycles. The van der Waals surface area contributed by atoms with Gasteiger partial charge in [-0.25, -0.2) is 0 Å². The first kappa shape index (κ1) is 15.4. The van der Waals surface area contributed by atoms with E-state index in [4.69, 9.17) is 0 Å². The third kappa shape index (κ3) is 2.71. The minimum absolute atomic E-state index is 0.231. The van der Waals surface area contributed by atoms with Crippen LogP contribution in [0.5, 0.6) is 0 Å². The second kappa shape index (κ2) is 5.39. The van der Waals surface area contributed by atoms with E-state index in [1.54, 1.807) is 5.57 Å². The van der Waals surface area contributed by atoms with Crippen LogP contribution in [-0.4, -0.2) is 0 Å². The van der Waals surface area contributed by atoms with Gasteiger partial charge in [-0.15, -0.1) is 6.58 Å². The van der Waals surface area contributed by atoms with E-state index < -0.39 is 0 Å². The van der Waals surface area contributed by atoms with Crippen molar-refractivity contribution in [2.24, 2.45) is 22.7 Å². The van der Waals surface area contributed by atoms with Gasteiger partial charge in [-0.2, -0.15) is 0 Å². The Balaban J connectivity index is 2.32. The summed E-state index contributed by atoms with van der Waals surface area (Å²) in [5, 5.41) is 0. The Morgan fingerprint density at radius 3 is 2.65 bits per heavy atom. The molecule has 0 unspecified atom stereocenters. The van der Waals surface area contributed by atoms with Crippen molar-refractivity contribution in [2.45, 2.75) is 53.9 Å². The standard InChI is InChI=1S/C20H30/c1-7-19(5)12-10-17-13-18(19)16(4)14-20(17,6)11-8-9-15(2)3/h7-9,11,14,17-18H,1,10,12-13H2,2-6H3/b11-8+/t17-,18+,19-,20-/m0/s1. The van der Waals surface area contributed by atoms with Crippen LogP contribution >= 0.6 is 0 Å². The van der Waals surface area contributed by atoms with Crippen LogP contribution in [0, 0.1) is 22.7 Å². The van der Waals surface area contributed by atoms with E-state index >= 15 is 0 Å². The van der Waals surface area contributed by atoms with E-state index in [-0.39, 0.29) is 5.41 Å². The van der Waals surface area contributed by atoms with Crippen LogP contribution in [0.15, 0.2) is 48.1 Å². The first-order valence-electron chi connectivity index (χ1n) is 7.96. The van der Waals surface area contributed by atoms with Crippen molar-refractivity contribution in [3.8, 4) is 0 Å². The van der Waals surface area contributed by atoms with Crippen molar-refractivity contribution in [1.82, 2.24) is 0 Å². The molecule has 0 aliphatic heterocycles. The maximum absolute atomic E-state index is 4.09. The van der Waals surface area contributed by atoms with Crippen LogP contribution in [-0.2, 0) is 0 Å². The van der Waals surface area contributed by atoms with Gasteiger partial charge in [-0.3, -0.25) is 0 Å². The monoisotopic (exact) mass is 270 g/mol. The summed E-state index contributed by atoms with van der Waals surface area (Å²) < 4.78 is 0. The molecule has 1 fully saturated rings. The quantitative estimate of drug-likeness (QED) is 0.430. The maximum atomic E-state index is 4.09. The molecule has 20 heavy (non-hydrogen) atoms. The van der Waals surface area contributed by atoms with Crippen LogP contribution in [0.1, 0.15) is 53.9 Å². The predicted octanol–water partition coefficient (Wildman–Crippen LogP) is 6.08. The fourth-order valence-corrected chi connectivity index (χ4v) is 4.19. The number of hydrogen-bond acceptors (Lipinski definition) is 0. The number of fused-ring (bicyclic) bond motifs is 2. The summed E-state index contributed by atoms with van der Waals surface area (Å²) in [6.45, 7) is 15.5. The summed E-state index contributed by atoms with van der Waals surface area (Å²) in [6, 6.07) is 0. The largest absolute Gasteiger partial charge is 0.103 e. The average molecular weight is 270 g/mol. The van der Waals surface area contributed by atoms with Gasteiger partial charge in [0.2, 0.25) is 0 Å². The lowest BCUT2D eigenvalue weighted by atomic mass is 9.53. The molecule has 0 heterocycles. The summed E-state index contributed by atoms with van der Waals surface area (Å²) >= 11 is 0. The van der Waals surface area contributed by atoms with Crippen molar-refractivity contribution in [3.05, 3.63) is 48.1 Å². The molecule has 2 aliphatic rings. The molecule has 0 aromatic heterocycles. The van der Waals surface area contributed by atoms with Gasteiger partial charge in [-0.1, -0.05) is 55.4 Å². The highest BCUT2D eigenvalue weighted by Crippen LogP contribution is 2.56. The van der Waals surface area contributed by atoms with Crippen molar-refractivity contribution in [2.75, 3.05) is 0 Å². The molecule has 2 bridgehead atoms. The highest BCUT2D eigenvalue weighted by molar-refractivity contribution is 5.28. The lowest BCUT2D eigenvalue weighted by Crippen LogP contribution is -2.42. The number of hydrogen-bond donors (Lipinski definition) is 0. The van der Waals surface area contributed by atoms with Crippen LogP contribution in [0.2, 0.25) is 0 Å². The SMILES string of the molecule is C=C[C@@]1(C)CC[C@H]2C[C@@H]1C(C)=C[C@]2(C)/C=C/C=C(C)C. The molecule has 0 spiro atoms. The molecule has 0 radical (unpaired) electrons. The Morgan fingerprint density at radius 1 is 1.35 bits per heavy atom. The molecule has 0 aromatic rings. The van der Waals surface area contributed by atoms with Crippen LogP contribution in [0.4, 0.5) is 0 Å². The molecule has 110 valence electrons. The van der Waals surface area contributed by atoms with Crippen molar-refractivity contribution in [1.29, 1.82) is 0 Å². The lowest BCUT2D eigenvalue weighted by Gasteiger charge is -2.51. The van der Waals surface area contributed by atoms with Gasteiger partial charge in [0.1, 0.15) is 0 Å². The topological polar surface area (TPSA) is 0 Å². The second-order valence-electron chi connectivity index (χ2n) is 7.59. The van der Waals surface area contributed by atoms with Gasteiger partial charge < -0.3 is 0 Å². The van der Waals surface area contributed by atoms with E-state index in [9.17, 15) is 0 Å². The molecule has 0 aromatic carbocycles. The molecular weight excluding hydrogens is 240 g/mol. The maximum Gasteiger partial charge on any atom is 0.00669 e. The minimum Gasteiger partial charge on any atom is -0.103 e. The van der Waals surface area contributed by atoms with Gasteiger partial charge >= 0.3 is 0 Å². The molecule has 2 rings (SSSR count). The van der Waals surface area contributed by atoms with E-state index in [1.807, 2.05) is 0 Å². The Hall–Kier alpha value is -1.04. The summed E-state index contributed by atoms with van der Waals surface area (Å²) in [5.41, 5.74) is 3.46. The molecule has 0 nitrogen and oxygen atoms in total. The first-order chi connectivity index (χ1) is 9.31. The Kier molecular flexibility index (Phi) is 4.14. The fourth-order valence-electron chi connectivity index (χ4n) is 4.19. The zero-order valence-corrected chi connectivity index (χ0v) is 13.9. The molecule has 0 amide bonds. The summed E-state index contributed by atoms with van der Waals surface area (Å²) in [5.74, 6) is 1.48. The number of rotatable bonds is 3. The molecule has 0 N–H and O–H groups in total. The van der Waals surface area contributed by atoms with E-state index in [2.05, 4.69) is 71.6 Å².